The van der Waals surface area contributed by atoms with Crippen LogP contribution in [0.25, 0.3) is 0 Å². The summed E-state index contributed by atoms with van der Waals surface area (Å²) >= 11 is 0. The molecular weight excluding hydrogens is 392 g/mol. The van der Waals surface area contributed by atoms with Crippen molar-refractivity contribution in [3.8, 4) is 11.5 Å². The van der Waals surface area contributed by atoms with Gasteiger partial charge in [0.05, 0.1) is 12.2 Å². The predicted octanol–water partition coefficient (Wildman–Crippen LogP) is 6.79. The van der Waals surface area contributed by atoms with Gasteiger partial charge in [-0.05, 0) is 106 Å². The molecule has 0 fully saturated rings. The minimum absolute atomic E-state index is 0.117. The number of ether oxygens (including phenoxy) is 2. The summed E-state index contributed by atoms with van der Waals surface area (Å²) in [6.07, 6.45) is 12.9. The molecule has 4 aliphatic carbocycles. The lowest BCUT2D eigenvalue weighted by Gasteiger charge is -2.32. The number of benzene rings is 2. The van der Waals surface area contributed by atoms with Crippen molar-refractivity contribution in [3.63, 3.8) is 0 Å². The van der Waals surface area contributed by atoms with E-state index in [0.29, 0.717) is 0 Å². The zero-order valence-corrected chi connectivity index (χ0v) is 19.9. The maximum atomic E-state index is 6.43. The third-order valence-corrected chi connectivity index (χ3v) is 7.93. The van der Waals surface area contributed by atoms with Gasteiger partial charge in [-0.1, -0.05) is 29.9 Å². The molecule has 2 aromatic rings. The molecule has 166 valence electrons. The average molecular weight is 427 g/mol. The van der Waals surface area contributed by atoms with Crippen LogP contribution in [-0.4, -0.2) is 12.2 Å². The van der Waals surface area contributed by atoms with E-state index in [1.54, 1.807) is 22.3 Å². The smallest absolute Gasteiger partial charge is 0.123 e. The van der Waals surface area contributed by atoms with Gasteiger partial charge in [-0.2, -0.15) is 0 Å². The van der Waals surface area contributed by atoms with Crippen molar-refractivity contribution in [3.05, 3.63) is 80.9 Å². The summed E-state index contributed by atoms with van der Waals surface area (Å²) in [5, 5.41) is 0. The fraction of sp³-hybridized carbons (Fsp3) is 0.467. The Morgan fingerprint density at radius 2 is 1.31 bits per heavy atom. The highest BCUT2D eigenvalue weighted by Crippen LogP contribution is 2.58. The highest BCUT2D eigenvalue weighted by Gasteiger charge is 2.49. The Kier molecular flexibility index (Phi) is 4.58. The largest absolute Gasteiger partial charge is 0.491 e. The molecule has 0 aliphatic heterocycles. The van der Waals surface area contributed by atoms with E-state index in [4.69, 9.17) is 9.47 Å². The van der Waals surface area contributed by atoms with Gasteiger partial charge >= 0.3 is 0 Å². The van der Waals surface area contributed by atoms with Crippen molar-refractivity contribution in [1.82, 2.24) is 0 Å². The lowest BCUT2D eigenvalue weighted by molar-refractivity contribution is 0.239. The molecule has 1 unspecified atom stereocenters. The number of hydrogen-bond donors (Lipinski definition) is 0. The fourth-order valence-electron chi connectivity index (χ4n) is 6.86. The van der Waals surface area contributed by atoms with Crippen LogP contribution in [0.4, 0.5) is 0 Å². The van der Waals surface area contributed by atoms with Gasteiger partial charge < -0.3 is 9.47 Å². The molecule has 0 bridgehead atoms. The van der Waals surface area contributed by atoms with Gasteiger partial charge in [0, 0.05) is 23.0 Å². The van der Waals surface area contributed by atoms with Gasteiger partial charge in [0.2, 0.25) is 0 Å². The second-order valence-corrected chi connectivity index (χ2v) is 10.7. The van der Waals surface area contributed by atoms with Crippen LogP contribution >= 0.6 is 0 Å². The molecule has 0 saturated carbocycles. The summed E-state index contributed by atoms with van der Waals surface area (Å²) in [4.78, 5) is 0. The van der Waals surface area contributed by atoms with Crippen LogP contribution in [0.3, 0.4) is 0 Å². The Labute approximate surface area is 192 Å². The monoisotopic (exact) mass is 426 g/mol. The van der Waals surface area contributed by atoms with E-state index in [2.05, 4.69) is 64.1 Å². The minimum atomic E-state index is 0.117. The molecule has 0 saturated heterocycles. The summed E-state index contributed by atoms with van der Waals surface area (Å²) in [6, 6.07) is 9.22. The van der Waals surface area contributed by atoms with Crippen LogP contribution in [-0.2, 0) is 31.1 Å². The Hall–Kier alpha value is -2.48. The van der Waals surface area contributed by atoms with Gasteiger partial charge in [-0.3, -0.25) is 0 Å². The minimum Gasteiger partial charge on any atom is -0.491 e. The third kappa shape index (κ3) is 2.91. The molecule has 0 amide bonds. The zero-order chi connectivity index (χ0) is 22.0. The maximum Gasteiger partial charge on any atom is 0.123 e. The first-order valence-electron chi connectivity index (χ1n) is 12.5. The summed E-state index contributed by atoms with van der Waals surface area (Å²) < 4.78 is 12.9. The van der Waals surface area contributed by atoms with Crippen molar-refractivity contribution >= 4 is 0 Å². The Morgan fingerprint density at radius 1 is 0.750 bits per heavy atom. The van der Waals surface area contributed by atoms with Gasteiger partial charge in [0.25, 0.3) is 0 Å². The van der Waals surface area contributed by atoms with Gasteiger partial charge in [-0.15, -0.1) is 0 Å². The topological polar surface area (TPSA) is 18.5 Å². The second kappa shape index (κ2) is 7.27. The molecular formula is C30H34O2. The number of hydrogen-bond acceptors (Lipinski definition) is 2. The van der Waals surface area contributed by atoms with E-state index in [1.807, 2.05) is 0 Å². The summed E-state index contributed by atoms with van der Waals surface area (Å²) in [6.45, 7) is 8.57. The Balaban J connectivity index is 1.66. The van der Waals surface area contributed by atoms with Crippen molar-refractivity contribution in [1.29, 1.82) is 0 Å². The fourth-order valence-corrected chi connectivity index (χ4v) is 6.86. The molecule has 1 atom stereocenters. The van der Waals surface area contributed by atoms with E-state index >= 15 is 0 Å². The second-order valence-electron chi connectivity index (χ2n) is 10.7. The van der Waals surface area contributed by atoms with Crippen LogP contribution in [0.5, 0.6) is 11.5 Å². The Morgan fingerprint density at radius 3 is 1.88 bits per heavy atom. The SMILES string of the molecule is CC(C)Oc1ccc2c3c1CC1=C(CC=C1)Cc1c(OC(C)C)ccc4c1C3(CC2)CC4. The summed E-state index contributed by atoms with van der Waals surface area (Å²) in [5.41, 5.74) is 12.3. The van der Waals surface area contributed by atoms with E-state index in [1.165, 1.54) is 47.9 Å². The number of rotatable bonds is 4. The molecule has 2 nitrogen and oxygen atoms in total. The highest BCUT2D eigenvalue weighted by atomic mass is 16.5. The lowest BCUT2D eigenvalue weighted by atomic mass is 9.72. The molecule has 2 heteroatoms. The van der Waals surface area contributed by atoms with Gasteiger partial charge in [0.15, 0.2) is 0 Å². The van der Waals surface area contributed by atoms with Crippen LogP contribution in [0.2, 0.25) is 0 Å². The molecule has 6 rings (SSSR count). The number of allylic oxidation sites excluding steroid dienone is 4. The van der Waals surface area contributed by atoms with E-state index in [-0.39, 0.29) is 17.6 Å². The molecule has 0 aromatic heterocycles. The molecule has 32 heavy (non-hydrogen) atoms. The van der Waals surface area contributed by atoms with E-state index < -0.39 is 0 Å². The highest BCUT2D eigenvalue weighted by molar-refractivity contribution is 5.66. The number of aryl methyl sites for hydroxylation is 2. The van der Waals surface area contributed by atoms with E-state index in [0.717, 1.165) is 30.8 Å². The van der Waals surface area contributed by atoms with E-state index in [9.17, 15) is 0 Å². The van der Waals surface area contributed by atoms with Crippen LogP contribution < -0.4 is 9.47 Å². The average Bonchev–Trinajstić information content (AvgIpc) is 3.43. The third-order valence-electron chi connectivity index (χ3n) is 7.93. The molecule has 1 spiro atoms. The first-order chi connectivity index (χ1) is 15.5. The quantitative estimate of drug-likeness (QED) is 0.535. The summed E-state index contributed by atoms with van der Waals surface area (Å²) in [7, 11) is 0. The summed E-state index contributed by atoms with van der Waals surface area (Å²) in [5.74, 6) is 2.20. The first kappa shape index (κ1) is 20.1. The Bertz CT molecular complexity index is 1160. The van der Waals surface area contributed by atoms with Crippen molar-refractivity contribution in [2.24, 2.45) is 0 Å². The van der Waals surface area contributed by atoms with Crippen molar-refractivity contribution in [2.75, 3.05) is 0 Å². The molecule has 2 aromatic carbocycles. The molecule has 0 radical (unpaired) electrons. The van der Waals surface area contributed by atoms with Crippen LogP contribution in [0, 0.1) is 0 Å². The first-order valence-corrected chi connectivity index (χ1v) is 12.5. The van der Waals surface area contributed by atoms with Crippen LogP contribution in [0.1, 0.15) is 80.3 Å². The van der Waals surface area contributed by atoms with Crippen LogP contribution in [0.15, 0.2) is 47.6 Å². The predicted molar refractivity (Wildman–Crippen MR) is 130 cm³/mol. The molecule has 4 aliphatic rings. The van der Waals surface area contributed by atoms with Gasteiger partial charge in [-0.25, -0.2) is 0 Å². The standard InChI is InChI=1S/C30H34O2/c1-18(2)31-26-10-8-20-12-14-30-15-13-21-9-11-27(32-19(3)4)25(29(21)30)17-23-7-5-6-22(23)16-24(26)28(20)30/h5-6,8-11,18-19H,7,12-17H2,1-4H3. The maximum absolute atomic E-state index is 6.43. The van der Waals surface area contributed by atoms with Crippen molar-refractivity contribution in [2.45, 2.75) is 90.3 Å². The molecule has 0 heterocycles. The normalized spacial score (nSPS) is 22.6. The van der Waals surface area contributed by atoms with Crippen molar-refractivity contribution < 1.29 is 9.47 Å². The lowest BCUT2D eigenvalue weighted by Crippen LogP contribution is -2.25. The van der Waals surface area contributed by atoms with Gasteiger partial charge in [0.1, 0.15) is 11.5 Å². The molecule has 0 N–H and O–H groups in total. The zero-order valence-electron chi connectivity index (χ0n) is 19.9.